The number of carbonyl (C=O) groups excluding carboxylic acids is 2. The van der Waals surface area contributed by atoms with Gasteiger partial charge in [0.1, 0.15) is 6.04 Å². The van der Waals surface area contributed by atoms with Gasteiger partial charge in [-0.2, -0.15) is 0 Å². The predicted octanol–water partition coefficient (Wildman–Crippen LogP) is 1.26. The molecule has 1 N–H and O–H groups in total. The maximum atomic E-state index is 11.9. The molecule has 1 aliphatic heterocycles. The van der Waals surface area contributed by atoms with Gasteiger partial charge in [0.15, 0.2) is 0 Å². The fraction of sp³-hybridized carbons (Fsp3) is 0.846. The fourth-order valence-corrected chi connectivity index (χ4v) is 2.63. The zero-order valence-electron chi connectivity index (χ0n) is 11.8. The van der Waals surface area contributed by atoms with E-state index >= 15 is 0 Å². The Kier molecular flexibility index (Phi) is 4.37. The van der Waals surface area contributed by atoms with E-state index in [1.807, 2.05) is 20.8 Å². The maximum Gasteiger partial charge on any atom is 0.329 e. The predicted molar refractivity (Wildman–Crippen MR) is 67.0 cm³/mol. The average molecular weight is 257 g/mol. The van der Waals surface area contributed by atoms with E-state index in [0.29, 0.717) is 19.4 Å². The van der Waals surface area contributed by atoms with Crippen LogP contribution in [0.25, 0.3) is 0 Å². The molecular weight excluding hydrogens is 234 g/mol. The lowest BCUT2D eigenvalue weighted by atomic mass is 9.74. The van der Waals surface area contributed by atoms with Crippen LogP contribution in [0.3, 0.4) is 0 Å². The van der Waals surface area contributed by atoms with Gasteiger partial charge in [-0.25, -0.2) is 4.79 Å². The van der Waals surface area contributed by atoms with Crippen molar-refractivity contribution in [1.82, 2.24) is 5.32 Å². The summed E-state index contributed by atoms with van der Waals surface area (Å²) in [6.45, 7) is 7.89. The average Bonchev–Trinajstić information content (AvgIpc) is 2.53. The number of amides is 1. The molecule has 1 aliphatic rings. The Balaban J connectivity index is 2.88. The summed E-state index contributed by atoms with van der Waals surface area (Å²) in [6.07, 6.45) is 0.933. The second-order valence-corrected chi connectivity index (χ2v) is 5.72. The second-order valence-electron chi connectivity index (χ2n) is 5.72. The quantitative estimate of drug-likeness (QED) is 0.753. The van der Waals surface area contributed by atoms with Crippen LogP contribution in [0.2, 0.25) is 0 Å². The lowest BCUT2D eigenvalue weighted by Crippen LogP contribution is -2.46. The van der Waals surface area contributed by atoms with Crippen molar-refractivity contribution in [2.45, 2.75) is 52.2 Å². The summed E-state index contributed by atoms with van der Waals surface area (Å²) >= 11 is 0. The third-order valence-electron chi connectivity index (χ3n) is 3.47. The van der Waals surface area contributed by atoms with Gasteiger partial charge in [-0.05, 0) is 27.2 Å². The molecule has 0 aromatic heterocycles. The molecule has 1 fully saturated rings. The molecule has 1 rings (SSSR count). The number of ether oxygens (including phenoxy) is 2. The SMILES string of the molecule is CCOC(=O)C1NC(=O)CC1(C)CC(C)(C)OC. The molecule has 1 heterocycles. The number of hydrogen-bond acceptors (Lipinski definition) is 4. The summed E-state index contributed by atoms with van der Waals surface area (Å²) in [4.78, 5) is 23.5. The molecule has 5 nitrogen and oxygen atoms in total. The molecule has 18 heavy (non-hydrogen) atoms. The van der Waals surface area contributed by atoms with Gasteiger partial charge in [0.05, 0.1) is 12.2 Å². The van der Waals surface area contributed by atoms with E-state index < -0.39 is 11.5 Å². The van der Waals surface area contributed by atoms with Crippen LogP contribution in [0.5, 0.6) is 0 Å². The normalized spacial score (nSPS) is 28.1. The molecule has 0 bridgehead atoms. The summed E-state index contributed by atoms with van der Waals surface area (Å²) in [5.74, 6) is -0.472. The monoisotopic (exact) mass is 257 g/mol. The van der Waals surface area contributed by atoms with Gasteiger partial charge in [-0.15, -0.1) is 0 Å². The first-order valence-corrected chi connectivity index (χ1v) is 6.25. The Morgan fingerprint density at radius 2 is 2.17 bits per heavy atom. The molecule has 104 valence electrons. The van der Waals surface area contributed by atoms with Crippen molar-refractivity contribution in [3.8, 4) is 0 Å². The largest absolute Gasteiger partial charge is 0.464 e. The highest BCUT2D eigenvalue weighted by Gasteiger charge is 2.50. The van der Waals surface area contributed by atoms with Crippen molar-refractivity contribution < 1.29 is 19.1 Å². The van der Waals surface area contributed by atoms with E-state index in [0.717, 1.165) is 0 Å². The van der Waals surface area contributed by atoms with Crippen molar-refractivity contribution >= 4 is 11.9 Å². The van der Waals surface area contributed by atoms with E-state index in [1.165, 1.54) is 0 Å². The first-order valence-electron chi connectivity index (χ1n) is 6.25. The lowest BCUT2D eigenvalue weighted by Gasteiger charge is -2.35. The summed E-state index contributed by atoms with van der Waals surface area (Å²) in [5.41, 5.74) is -0.853. The molecule has 0 spiro atoms. The minimum atomic E-state index is -0.584. The Hall–Kier alpha value is -1.10. The first kappa shape index (κ1) is 15.0. The smallest absolute Gasteiger partial charge is 0.329 e. The van der Waals surface area contributed by atoms with Gasteiger partial charge in [0.25, 0.3) is 0 Å². The number of carbonyl (C=O) groups is 2. The molecule has 0 aromatic carbocycles. The summed E-state index contributed by atoms with van der Waals surface area (Å²) in [5, 5.41) is 2.71. The molecule has 2 atom stereocenters. The molecule has 1 amide bonds. The van der Waals surface area contributed by atoms with E-state index in [9.17, 15) is 9.59 Å². The van der Waals surface area contributed by atoms with Gasteiger partial charge in [-0.1, -0.05) is 6.92 Å². The number of esters is 1. The van der Waals surface area contributed by atoms with Crippen molar-refractivity contribution in [3.63, 3.8) is 0 Å². The molecule has 0 radical (unpaired) electrons. The summed E-state index contributed by atoms with van der Waals surface area (Å²) in [6, 6.07) is -0.584. The number of rotatable bonds is 5. The second kappa shape index (κ2) is 5.26. The third-order valence-corrected chi connectivity index (χ3v) is 3.47. The van der Waals surface area contributed by atoms with E-state index in [2.05, 4.69) is 5.32 Å². The highest BCUT2D eigenvalue weighted by Crippen LogP contribution is 2.40. The van der Waals surface area contributed by atoms with Gasteiger partial charge in [0.2, 0.25) is 5.91 Å². The Bertz CT molecular complexity index is 340. The zero-order valence-corrected chi connectivity index (χ0v) is 11.8. The number of nitrogens with one attached hydrogen (secondary N) is 1. The van der Waals surface area contributed by atoms with Crippen molar-refractivity contribution in [1.29, 1.82) is 0 Å². The van der Waals surface area contributed by atoms with Gasteiger partial charge >= 0.3 is 5.97 Å². The maximum absolute atomic E-state index is 11.9. The molecule has 1 saturated heterocycles. The van der Waals surface area contributed by atoms with E-state index in [4.69, 9.17) is 9.47 Å². The van der Waals surface area contributed by atoms with Crippen LogP contribution >= 0.6 is 0 Å². The number of methoxy groups -OCH3 is 1. The lowest BCUT2D eigenvalue weighted by molar-refractivity contribution is -0.149. The van der Waals surface area contributed by atoms with Crippen LogP contribution in [-0.2, 0) is 19.1 Å². The van der Waals surface area contributed by atoms with Crippen LogP contribution in [-0.4, -0.2) is 37.2 Å². The topological polar surface area (TPSA) is 64.6 Å². The van der Waals surface area contributed by atoms with Gasteiger partial charge < -0.3 is 14.8 Å². The van der Waals surface area contributed by atoms with Crippen LogP contribution in [0.4, 0.5) is 0 Å². The van der Waals surface area contributed by atoms with Crippen LogP contribution in [0.15, 0.2) is 0 Å². The Morgan fingerprint density at radius 3 is 2.67 bits per heavy atom. The summed E-state index contributed by atoms with van der Waals surface area (Å²) in [7, 11) is 1.63. The minimum Gasteiger partial charge on any atom is -0.464 e. The molecular formula is C13H23NO4. The van der Waals surface area contributed by atoms with E-state index in [1.54, 1.807) is 14.0 Å². The molecule has 0 aliphatic carbocycles. The summed E-state index contributed by atoms with van der Waals surface area (Å²) < 4.78 is 10.4. The van der Waals surface area contributed by atoms with Crippen LogP contribution in [0, 0.1) is 5.41 Å². The minimum absolute atomic E-state index is 0.109. The van der Waals surface area contributed by atoms with Crippen LogP contribution in [0.1, 0.15) is 40.5 Å². The Labute approximate surface area is 108 Å². The molecule has 2 unspecified atom stereocenters. The highest BCUT2D eigenvalue weighted by atomic mass is 16.5. The third kappa shape index (κ3) is 3.22. The van der Waals surface area contributed by atoms with Crippen molar-refractivity contribution in [3.05, 3.63) is 0 Å². The molecule has 0 saturated carbocycles. The first-order chi connectivity index (χ1) is 8.24. The zero-order chi connectivity index (χ0) is 14.0. The number of hydrogen-bond donors (Lipinski definition) is 1. The standard InChI is InChI=1S/C13H23NO4/c1-6-18-11(16)10-13(4,7-9(15)14-10)8-12(2,3)17-5/h10H,6-8H2,1-5H3,(H,14,15). The molecule has 0 aromatic rings. The van der Waals surface area contributed by atoms with Crippen molar-refractivity contribution in [2.75, 3.05) is 13.7 Å². The van der Waals surface area contributed by atoms with Gasteiger partial charge in [-0.3, -0.25) is 4.79 Å². The fourth-order valence-electron chi connectivity index (χ4n) is 2.63. The van der Waals surface area contributed by atoms with Crippen molar-refractivity contribution in [2.24, 2.45) is 5.41 Å². The highest BCUT2D eigenvalue weighted by molar-refractivity contribution is 5.89. The molecule has 5 heteroatoms. The Morgan fingerprint density at radius 1 is 1.56 bits per heavy atom. The van der Waals surface area contributed by atoms with Crippen LogP contribution < -0.4 is 5.32 Å². The van der Waals surface area contributed by atoms with E-state index in [-0.39, 0.29) is 17.5 Å². The van der Waals surface area contributed by atoms with Gasteiger partial charge in [0, 0.05) is 18.9 Å².